The first-order valence-corrected chi connectivity index (χ1v) is 8.87. The fraction of sp³-hybridized carbons (Fsp3) is 0.611. The van der Waals surface area contributed by atoms with Crippen molar-refractivity contribution in [2.75, 3.05) is 5.32 Å². The SMILES string of the molecule is CC(C)(C)OC(=O)N1[C@@H]2CC[C@H]1C[C@H](Nc1ccc(Cl)cc1O)C2. The summed E-state index contributed by atoms with van der Waals surface area (Å²) in [5, 5.41) is 13.9. The lowest BCUT2D eigenvalue weighted by molar-refractivity contribution is 0.00682. The predicted octanol–water partition coefficient (Wildman–Crippen LogP) is 4.39. The summed E-state index contributed by atoms with van der Waals surface area (Å²) in [6.07, 6.45) is 3.53. The van der Waals surface area contributed by atoms with Crippen LogP contribution in [0.25, 0.3) is 0 Å². The number of aromatic hydroxyl groups is 1. The van der Waals surface area contributed by atoms with Gasteiger partial charge in [0.1, 0.15) is 11.4 Å². The zero-order chi connectivity index (χ0) is 17.5. The van der Waals surface area contributed by atoms with E-state index in [9.17, 15) is 9.90 Å². The number of nitrogens with zero attached hydrogens (tertiary/aromatic N) is 1. The molecule has 2 bridgehead atoms. The van der Waals surface area contributed by atoms with Gasteiger partial charge in [0.15, 0.2) is 0 Å². The Labute approximate surface area is 147 Å². The standard InChI is InChI=1S/C18H25ClN2O3/c1-18(2,3)24-17(23)21-13-5-6-14(21)10-12(9-13)20-15-7-4-11(19)8-16(15)22/h4,7-8,12-14,20,22H,5-6,9-10H2,1-3H3/t12-,13-,14+. The van der Waals surface area contributed by atoms with Crippen LogP contribution in [0.15, 0.2) is 18.2 Å². The molecule has 1 aromatic carbocycles. The Morgan fingerprint density at radius 2 is 1.92 bits per heavy atom. The number of ether oxygens (including phenoxy) is 1. The number of benzene rings is 1. The van der Waals surface area contributed by atoms with Crippen LogP contribution in [-0.4, -0.2) is 39.8 Å². The molecule has 0 aliphatic carbocycles. The molecule has 0 unspecified atom stereocenters. The van der Waals surface area contributed by atoms with Crippen molar-refractivity contribution >= 4 is 23.4 Å². The summed E-state index contributed by atoms with van der Waals surface area (Å²) in [7, 11) is 0. The van der Waals surface area contributed by atoms with Crippen molar-refractivity contribution in [3.63, 3.8) is 0 Å². The largest absolute Gasteiger partial charge is 0.506 e. The van der Waals surface area contributed by atoms with Crippen LogP contribution in [0.4, 0.5) is 10.5 Å². The van der Waals surface area contributed by atoms with E-state index in [4.69, 9.17) is 16.3 Å². The number of nitrogens with one attached hydrogen (secondary N) is 1. The van der Waals surface area contributed by atoms with Gasteiger partial charge in [0.25, 0.3) is 0 Å². The third-order valence-corrected chi connectivity index (χ3v) is 4.89. The maximum absolute atomic E-state index is 12.5. The van der Waals surface area contributed by atoms with Crippen molar-refractivity contribution in [3.8, 4) is 5.75 Å². The summed E-state index contributed by atoms with van der Waals surface area (Å²) < 4.78 is 5.56. The zero-order valence-corrected chi connectivity index (χ0v) is 15.1. The van der Waals surface area contributed by atoms with E-state index in [1.807, 2.05) is 25.7 Å². The molecule has 2 heterocycles. The van der Waals surface area contributed by atoms with Crippen LogP contribution in [-0.2, 0) is 4.74 Å². The third-order valence-electron chi connectivity index (χ3n) is 4.66. The van der Waals surface area contributed by atoms with E-state index in [-0.39, 0.29) is 30.0 Å². The van der Waals surface area contributed by atoms with Gasteiger partial charge >= 0.3 is 6.09 Å². The van der Waals surface area contributed by atoms with Crippen molar-refractivity contribution in [2.24, 2.45) is 0 Å². The summed E-state index contributed by atoms with van der Waals surface area (Å²) in [6, 6.07) is 5.71. The molecule has 2 aliphatic rings. The lowest BCUT2D eigenvalue weighted by atomic mass is 9.97. The number of hydrogen-bond donors (Lipinski definition) is 2. The van der Waals surface area contributed by atoms with E-state index in [1.54, 1.807) is 12.1 Å². The summed E-state index contributed by atoms with van der Waals surface area (Å²) in [6.45, 7) is 5.68. The highest BCUT2D eigenvalue weighted by Gasteiger charge is 2.44. The number of hydrogen-bond acceptors (Lipinski definition) is 4. The highest BCUT2D eigenvalue weighted by Crippen LogP contribution is 2.39. The number of halogens is 1. The number of fused-ring (bicyclic) bond motifs is 2. The van der Waals surface area contributed by atoms with E-state index < -0.39 is 5.60 Å². The number of piperidine rings is 1. The number of phenols is 1. The van der Waals surface area contributed by atoms with Crippen LogP contribution in [0, 0.1) is 0 Å². The first kappa shape index (κ1) is 17.2. The van der Waals surface area contributed by atoms with Crippen LogP contribution in [0.5, 0.6) is 5.75 Å². The second-order valence-corrected chi connectivity index (χ2v) is 8.18. The first-order chi connectivity index (χ1) is 11.2. The Balaban J connectivity index is 1.66. The quantitative estimate of drug-likeness (QED) is 0.775. The van der Waals surface area contributed by atoms with E-state index >= 15 is 0 Å². The van der Waals surface area contributed by atoms with E-state index in [1.165, 1.54) is 6.07 Å². The lowest BCUT2D eigenvalue weighted by Crippen LogP contribution is -2.51. The molecule has 3 atom stereocenters. The molecule has 2 N–H and O–H groups in total. The highest BCUT2D eigenvalue weighted by atomic mass is 35.5. The average Bonchev–Trinajstić information content (AvgIpc) is 2.72. The van der Waals surface area contributed by atoms with E-state index in [0.717, 1.165) is 25.7 Å². The minimum absolute atomic E-state index is 0.157. The van der Waals surface area contributed by atoms with Gasteiger partial charge < -0.3 is 20.1 Å². The van der Waals surface area contributed by atoms with Gasteiger partial charge in [-0.25, -0.2) is 4.79 Å². The molecule has 3 rings (SSSR count). The predicted molar refractivity (Wildman–Crippen MR) is 94.6 cm³/mol. The number of anilines is 1. The third kappa shape index (κ3) is 3.72. The molecular weight excluding hydrogens is 328 g/mol. The molecule has 1 amide bonds. The summed E-state index contributed by atoms with van der Waals surface area (Å²) in [4.78, 5) is 14.4. The maximum atomic E-state index is 12.5. The number of phenolic OH excluding ortho intramolecular Hbond substituents is 1. The Bertz CT molecular complexity index is 615. The van der Waals surface area contributed by atoms with Gasteiger partial charge in [0.05, 0.1) is 5.69 Å². The Hall–Kier alpha value is -1.62. The Kier molecular flexibility index (Phi) is 4.56. The fourth-order valence-corrected chi connectivity index (χ4v) is 3.92. The number of carbonyl (C=O) groups is 1. The van der Waals surface area contributed by atoms with E-state index in [2.05, 4.69) is 5.32 Å². The molecule has 1 aromatic rings. The van der Waals surface area contributed by atoms with Crippen molar-refractivity contribution in [1.82, 2.24) is 4.90 Å². The van der Waals surface area contributed by atoms with Gasteiger partial charge in [-0.15, -0.1) is 0 Å². The van der Waals surface area contributed by atoms with Gasteiger partial charge in [-0.3, -0.25) is 0 Å². The monoisotopic (exact) mass is 352 g/mol. The molecule has 24 heavy (non-hydrogen) atoms. The van der Waals surface area contributed by atoms with Gasteiger partial charge in [0.2, 0.25) is 0 Å². The maximum Gasteiger partial charge on any atom is 0.410 e. The molecule has 0 aromatic heterocycles. The van der Waals surface area contributed by atoms with E-state index in [0.29, 0.717) is 10.7 Å². The van der Waals surface area contributed by atoms with Gasteiger partial charge in [0, 0.05) is 29.2 Å². The number of amides is 1. The molecule has 2 fully saturated rings. The Morgan fingerprint density at radius 1 is 1.29 bits per heavy atom. The molecule has 5 nitrogen and oxygen atoms in total. The molecule has 2 saturated heterocycles. The average molecular weight is 353 g/mol. The summed E-state index contributed by atoms with van der Waals surface area (Å²) >= 11 is 5.88. The minimum atomic E-state index is -0.472. The fourth-order valence-electron chi connectivity index (χ4n) is 3.75. The molecule has 0 spiro atoms. The second kappa shape index (κ2) is 6.36. The molecule has 132 valence electrons. The zero-order valence-electron chi connectivity index (χ0n) is 14.4. The van der Waals surface area contributed by atoms with Crippen LogP contribution in [0.1, 0.15) is 46.5 Å². The van der Waals surface area contributed by atoms with Crippen molar-refractivity contribution in [2.45, 2.75) is 70.2 Å². The number of carbonyl (C=O) groups excluding carboxylic acids is 1. The molecule has 0 saturated carbocycles. The molecule has 6 heteroatoms. The summed E-state index contributed by atoms with van der Waals surface area (Å²) in [5.41, 5.74) is 0.218. The smallest absolute Gasteiger partial charge is 0.410 e. The molecule has 2 aliphatic heterocycles. The van der Waals surface area contributed by atoms with Crippen molar-refractivity contribution in [3.05, 3.63) is 23.2 Å². The highest BCUT2D eigenvalue weighted by molar-refractivity contribution is 6.30. The van der Waals surface area contributed by atoms with Crippen LogP contribution in [0.3, 0.4) is 0 Å². The molecule has 0 radical (unpaired) electrons. The minimum Gasteiger partial charge on any atom is -0.506 e. The van der Waals surface area contributed by atoms with Crippen molar-refractivity contribution in [1.29, 1.82) is 0 Å². The normalized spacial score (nSPS) is 26.3. The van der Waals surface area contributed by atoms with Gasteiger partial charge in [-0.2, -0.15) is 0 Å². The first-order valence-electron chi connectivity index (χ1n) is 8.49. The van der Waals surface area contributed by atoms with Gasteiger partial charge in [-0.05, 0) is 58.6 Å². The van der Waals surface area contributed by atoms with Crippen LogP contribution >= 0.6 is 11.6 Å². The topological polar surface area (TPSA) is 61.8 Å². The van der Waals surface area contributed by atoms with Crippen LogP contribution in [0.2, 0.25) is 5.02 Å². The lowest BCUT2D eigenvalue weighted by Gasteiger charge is -2.40. The molecular formula is C18H25ClN2O3. The van der Waals surface area contributed by atoms with Crippen molar-refractivity contribution < 1.29 is 14.6 Å². The summed E-state index contributed by atoms with van der Waals surface area (Å²) in [5.74, 6) is 0.157. The number of rotatable bonds is 2. The van der Waals surface area contributed by atoms with Crippen LogP contribution < -0.4 is 5.32 Å². The van der Waals surface area contributed by atoms with Gasteiger partial charge in [-0.1, -0.05) is 11.6 Å². The Morgan fingerprint density at radius 3 is 2.46 bits per heavy atom. The second-order valence-electron chi connectivity index (χ2n) is 7.75.